The minimum absolute atomic E-state index is 0.0351. The molecule has 1 saturated carbocycles. The van der Waals surface area contributed by atoms with Gasteiger partial charge < -0.3 is 15.4 Å². The van der Waals surface area contributed by atoms with Crippen LogP contribution < -0.4 is 15.4 Å². The van der Waals surface area contributed by atoms with Crippen LogP contribution in [0.3, 0.4) is 0 Å². The molecule has 0 spiro atoms. The van der Waals surface area contributed by atoms with Crippen LogP contribution in [0.5, 0.6) is 5.75 Å². The summed E-state index contributed by atoms with van der Waals surface area (Å²) >= 11 is 0. The van der Waals surface area contributed by atoms with E-state index in [1.54, 1.807) is 7.11 Å². The van der Waals surface area contributed by atoms with E-state index in [1.165, 1.54) is 0 Å². The molecule has 2 amide bonds. The van der Waals surface area contributed by atoms with Crippen LogP contribution >= 0.6 is 0 Å². The normalized spacial score (nSPS) is 19.4. The lowest BCUT2D eigenvalue weighted by molar-refractivity contribution is -0.123. The van der Waals surface area contributed by atoms with Gasteiger partial charge in [-0.3, -0.25) is 9.59 Å². The Hall–Kier alpha value is -2.04. The highest BCUT2D eigenvalue weighted by Gasteiger charge is 2.38. The highest BCUT2D eigenvalue weighted by molar-refractivity contribution is 5.82. The molecule has 0 saturated heterocycles. The van der Waals surface area contributed by atoms with Gasteiger partial charge in [-0.1, -0.05) is 19.1 Å². The van der Waals surface area contributed by atoms with Crippen LogP contribution in [-0.4, -0.2) is 32.0 Å². The fraction of sp³-hybridized carbons (Fsp3) is 0.529. The van der Waals surface area contributed by atoms with Gasteiger partial charge in [0.1, 0.15) is 5.75 Å². The summed E-state index contributed by atoms with van der Waals surface area (Å²) in [7, 11) is 1.64. The Labute approximate surface area is 131 Å². The predicted octanol–water partition coefficient (Wildman–Crippen LogP) is 1.52. The molecule has 1 fully saturated rings. The van der Waals surface area contributed by atoms with Crippen molar-refractivity contribution in [3.8, 4) is 5.75 Å². The third-order valence-corrected chi connectivity index (χ3v) is 3.97. The molecule has 0 unspecified atom stereocenters. The van der Waals surface area contributed by atoms with E-state index < -0.39 is 0 Å². The lowest BCUT2D eigenvalue weighted by Crippen LogP contribution is -2.32. The van der Waals surface area contributed by atoms with Crippen LogP contribution in [0, 0.1) is 11.8 Å². The predicted molar refractivity (Wildman–Crippen MR) is 84.6 cm³/mol. The zero-order valence-electron chi connectivity index (χ0n) is 13.2. The summed E-state index contributed by atoms with van der Waals surface area (Å²) < 4.78 is 5.16. The maximum atomic E-state index is 11.7. The molecule has 120 valence electrons. The number of benzene rings is 1. The molecule has 0 aliphatic heterocycles. The van der Waals surface area contributed by atoms with E-state index in [1.807, 2.05) is 24.3 Å². The van der Waals surface area contributed by atoms with Gasteiger partial charge in [-0.05, 0) is 36.5 Å². The molecule has 0 radical (unpaired) electrons. The number of amides is 2. The number of ether oxygens (including phenoxy) is 1. The van der Waals surface area contributed by atoms with Gasteiger partial charge in [0.2, 0.25) is 11.8 Å². The summed E-state index contributed by atoms with van der Waals surface area (Å²) in [5.41, 5.74) is 1.12. The summed E-state index contributed by atoms with van der Waals surface area (Å²) in [6.07, 6.45) is 2.05. The number of methoxy groups -OCH3 is 1. The average Bonchev–Trinajstić information content (AvgIpc) is 3.24. The Bertz CT molecular complexity index is 530. The number of carbonyl (C=O) groups is 2. The first-order chi connectivity index (χ1) is 10.6. The smallest absolute Gasteiger partial charge is 0.223 e. The molecule has 1 aliphatic rings. The highest BCUT2D eigenvalue weighted by atomic mass is 16.5. The van der Waals surface area contributed by atoms with Gasteiger partial charge in [0.05, 0.1) is 7.11 Å². The second kappa shape index (κ2) is 7.82. The second-order valence-corrected chi connectivity index (χ2v) is 5.81. The van der Waals surface area contributed by atoms with Crippen LogP contribution in [-0.2, 0) is 16.0 Å². The Balaban J connectivity index is 1.58. The summed E-state index contributed by atoms with van der Waals surface area (Å²) in [6.45, 7) is 3.06. The molecule has 0 heterocycles. The van der Waals surface area contributed by atoms with Gasteiger partial charge in [-0.25, -0.2) is 0 Å². The zero-order valence-corrected chi connectivity index (χ0v) is 13.2. The van der Waals surface area contributed by atoms with Crippen LogP contribution in [0.1, 0.15) is 25.3 Å². The quantitative estimate of drug-likeness (QED) is 0.765. The molecule has 1 aromatic rings. The first-order valence-corrected chi connectivity index (χ1v) is 7.77. The molecular formula is C17H24N2O3. The molecule has 5 heteroatoms. The van der Waals surface area contributed by atoms with Crippen molar-refractivity contribution < 1.29 is 14.3 Å². The fourth-order valence-electron chi connectivity index (χ4n) is 2.38. The van der Waals surface area contributed by atoms with E-state index >= 15 is 0 Å². The summed E-state index contributed by atoms with van der Waals surface area (Å²) in [5.74, 6) is 1.53. The first-order valence-electron chi connectivity index (χ1n) is 7.77. The average molecular weight is 304 g/mol. The SMILES string of the molecule is COc1cccc(CCNC(=O)CCNC(=O)[C@H]2C[C@H]2C)c1. The van der Waals surface area contributed by atoms with Crippen molar-refractivity contribution in [2.75, 3.05) is 20.2 Å². The summed E-state index contributed by atoms with van der Waals surface area (Å²) in [5, 5.41) is 5.68. The van der Waals surface area contributed by atoms with Crippen LogP contribution in [0.25, 0.3) is 0 Å². The van der Waals surface area contributed by atoms with E-state index in [4.69, 9.17) is 4.74 Å². The standard InChI is InChI=1S/C17H24N2O3/c1-12-10-15(12)17(21)19-9-7-16(20)18-8-6-13-4-3-5-14(11-13)22-2/h3-5,11-12,15H,6-10H2,1-2H3,(H,18,20)(H,19,21)/t12-,15+/m1/s1. The monoisotopic (exact) mass is 304 g/mol. The van der Waals surface area contributed by atoms with Crippen LogP contribution in [0.2, 0.25) is 0 Å². The topological polar surface area (TPSA) is 67.4 Å². The van der Waals surface area contributed by atoms with Gasteiger partial charge in [-0.2, -0.15) is 0 Å². The van der Waals surface area contributed by atoms with E-state index in [2.05, 4.69) is 17.6 Å². The molecule has 0 aromatic heterocycles. The van der Waals surface area contributed by atoms with E-state index in [0.29, 0.717) is 25.4 Å². The molecule has 2 atom stereocenters. The fourth-order valence-corrected chi connectivity index (χ4v) is 2.38. The maximum absolute atomic E-state index is 11.7. The Kier molecular flexibility index (Phi) is 5.81. The number of hydrogen-bond donors (Lipinski definition) is 2. The maximum Gasteiger partial charge on any atom is 0.223 e. The van der Waals surface area contributed by atoms with Crippen molar-refractivity contribution in [2.45, 2.75) is 26.2 Å². The molecule has 2 rings (SSSR count). The molecule has 5 nitrogen and oxygen atoms in total. The van der Waals surface area contributed by atoms with Gasteiger partial charge in [0.15, 0.2) is 0 Å². The minimum Gasteiger partial charge on any atom is -0.497 e. The number of carbonyl (C=O) groups excluding carboxylic acids is 2. The van der Waals surface area contributed by atoms with Crippen molar-refractivity contribution in [3.05, 3.63) is 29.8 Å². The van der Waals surface area contributed by atoms with Crippen LogP contribution in [0.15, 0.2) is 24.3 Å². The number of rotatable bonds is 8. The third-order valence-electron chi connectivity index (χ3n) is 3.97. The minimum atomic E-state index is -0.0351. The summed E-state index contributed by atoms with van der Waals surface area (Å²) in [6, 6.07) is 7.80. The lowest BCUT2D eigenvalue weighted by atomic mass is 10.1. The van der Waals surface area contributed by atoms with Crippen molar-refractivity contribution in [3.63, 3.8) is 0 Å². The summed E-state index contributed by atoms with van der Waals surface area (Å²) in [4.78, 5) is 23.3. The van der Waals surface area contributed by atoms with Crippen molar-refractivity contribution in [2.24, 2.45) is 11.8 Å². The van der Waals surface area contributed by atoms with Gasteiger partial charge in [0, 0.05) is 25.4 Å². The Morgan fingerprint density at radius 1 is 1.27 bits per heavy atom. The number of nitrogens with one attached hydrogen (secondary N) is 2. The highest BCUT2D eigenvalue weighted by Crippen LogP contribution is 2.37. The van der Waals surface area contributed by atoms with Crippen molar-refractivity contribution in [1.29, 1.82) is 0 Å². The molecule has 2 N–H and O–H groups in total. The van der Waals surface area contributed by atoms with Crippen LogP contribution in [0.4, 0.5) is 0 Å². The van der Waals surface area contributed by atoms with E-state index in [-0.39, 0.29) is 17.7 Å². The molecule has 1 aliphatic carbocycles. The Morgan fingerprint density at radius 3 is 2.73 bits per heavy atom. The Morgan fingerprint density at radius 2 is 2.05 bits per heavy atom. The second-order valence-electron chi connectivity index (χ2n) is 5.81. The molecule has 1 aromatic carbocycles. The molecule has 22 heavy (non-hydrogen) atoms. The lowest BCUT2D eigenvalue weighted by Gasteiger charge is -2.07. The van der Waals surface area contributed by atoms with E-state index in [9.17, 15) is 9.59 Å². The molecule has 0 bridgehead atoms. The van der Waals surface area contributed by atoms with E-state index in [0.717, 1.165) is 24.2 Å². The third kappa shape index (κ3) is 5.06. The van der Waals surface area contributed by atoms with Crippen molar-refractivity contribution >= 4 is 11.8 Å². The van der Waals surface area contributed by atoms with Gasteiger partial charge in [-0.15, -0.1) is 0 Å². The van der Waals surface area contributed by atoms with Gasteiger partial charge >= 0.3 is 0 Å². The largest absolute Gasteiger partial charge is 0.497 e. The van der Waals surface area contributed by atoms with Crippen molar-refractivity contribution in [1.82, 2.24) is 10.6 Å². The van der Waals surface area contributed by atoms with Gasteiger partial charge in [0.25, 0.3) is 0 Å². The zero-order chi connectivity index (χ0) is 15.9. The first kappa shape index (κ1) is 16.3. The number of hydrogen-bond acceptors (Lipinski definition) is 3. The molecular weight excluding hydrogens is 280 g/mol.